The number of carboxylic acid groups (broad SMARTS) is 1. The van der Waals surface area contributed by atoms with Crippen molar-refractivity contribution in [3.05, 3.63) is 71.0 Å². The number of amidine groups is 2. The van der Waals surface area contributed by atoms with E-state index in [0.717, 1.165) is 22.2 Å². The van der Waals surface area contributed by atoms with Crippen molar-refractivity contribution in [2.75, 3.05) is 25.0 Å². The van der Waals surface area contributed by atoms with Crippen molar-refractivity contribution in [2.45, 2.75) is 52.5 Å². The third kappa shape index (κ3) is 6.85. The normalized spacial score (nSPS) is 13.7. The first-order chi connectivity index (χ1) is 21.9. The highest BCUT2D eigenvalue weighted by Gasteiger charge is 2.28. The predicted octanol–water partition coefficient (Wildman–Crippen LogP) is 4.92. The summed E-state index contributed by atoms with van der Waals surface area (Å²) in [4.78, 5) is 44.1. The van der Waals surface area contributed by atoms with E-state index in [1.807, 2.05) is 54.8 Å². The molecule has 1 aromatic heterocycles. The summed E-state index contributed by atoms with van der Waals surface area (Å²) in [6.45, 7) is 7.31. The molecule has 0 atom stereocenters. The Labute approximate surface area is 266 Å². The largest absolute Gasteiger partial charge is 0.478 e. The fourth-order valence-electron chi connectivity index (χ4n) is 5.94. The Morgan fingerprint density at radius 2 is 1.78 bits per heavy atom. The minimum atomic E-state index is -1.14. The Balaban J connectivity index is 1.41. The SMILES string of the molecule is CCOC(=O)CC(=N)N1CCC(C(=O)Nc2cc(C(=O)O)c3nc(C(C)C)n(Cc4ccc5ccc(C(=N)N)cc5c4)c3c2)CC1. The van der Waals surface area contributed by atoms with E-state index in [9.17, 15) is 19.5 Å². The molecule has 0 unspecified atom stereocenters. The van der Waals surface area contributed by atoms with Crippen LogP contribution in [0.2, 0.25) is 0 Å². The molecule has 0 radical (unpaired) electrons. The van der Waals surface area contributed by atoms with Crippen molar-refractivity contribution >= 4 is 57.0 Å². The highest BCUT2D eigenvalue weighted by Crippen LogP contribution is 2.30. The van der Waals surface area contributed by atoms with Crippen LogP contribution < -0.4 is 11.1 Å². The number of nitrogens with two attached hydrogens (primary N) is 1. The van der Waals surface area contributed by atoms with Gasteiger partial charge in [-0.05, 0) is 60.4 Å². The van der Waals surface area contributed by atoms with Gasteiger partial charge in [0, 0.05) is 42.7 Å². The minimum absolute atomic E-state index is 0.000272. The number of likely N-dealkylation sites (tertiary alicyclic amines) is 1. The molecule has 0 spiro atoms. The minimum Gasteiger partial charge on any atom is -0.478 e. The monoisotopic (exact) mass is 625 g/mol. The first-order valence-electron chi connectivity index (χ1n) is 15.4. The summed E-state index contributed by atoms with van der Waals surface area (Å²) in [7, 11) is 0. The number of hydrogen-bond acceptors (Lipinski definition) is 7. The van der Waals surface area contributed by atoms with Crippen LogP contribution in [0.4, 0.5) is 5.69 Å². The Hall–Kier alpha value is -5.26. The van der Waals surface area contributed by atoms with Gasteiger partial charge < -0.3 is 30.4 Å². The van der Waals surface area contributed by atoms with E-state index in [4.69, 9.17) is 26.3 Å². The highest BCUT2D eigenvalue weighted by molar-refractivity contribution is 6.05. The standard InChI is InChI=1S/C34H39N7O5/c1-4-46-29(42)17-28(35)40-11-9-22(10-12-40)33(43)38-25-15-26(34(44)45)30-27(16-25)41(32(39-30)19(2)3)18-20-5-6-21-7-8-23(31(36)37)14-24(21)13-20/h5-8,13-16,19,22,35H,4,9-12,17-18H2,1-3H3,(H3,36,37)(H,38,43)(H,44,45). The number of piperidine rings is 1. The van der Waals surface area contributed by atoms with Gasteiger partial charge in [0.05, 0.1) is 17.7 Å². The third-order valence-corrected chi connectivity index (χ3v) is 8.32. The van der Waals surface area contributed by atoms with Gasteiger partial charge in [-0.1, -0.05) is 38.1 Å². The number of anilines is 1. The molecule has 4 aromatic rings. The fraction of sp³-hybridized carbons (Fsp3) is 0.353. The van der Waals surface area contributed by atoms with E-state index in [0.29, 0.717) is 54.8 Å². The van der Waals surface area contributed by atoms with E-state index < -0.39 is 11.9 Å². The lowest BCUT2D eigenvalue weighted by Crippen LogP contribution is -2.42. The summed E-state index contributed by atoms with van der Waals surface area (Å²) in [5.74, 6) is -1.27. The molecule has 3 aromatic carbocycles. The molecule has 1 saturated heterocycles. The van der Waals surface area contributed by atoms with Crippen LogP contribution in [0.15, 0.2) is 48.5 Å². The number of nitrogen functional groups attached to an aromatic ring is 1. The first kappa shape index (κ1) is 32.1. The molecule has 5 rings (SSSR count). The lowest BCUT2D eigenvalue weighted by Gasteiger charge is -2.32. The molecule has 12 nitrogen and oxygen atoms in total. The first-order valence-corrected chi connectivity index (χ1v) is 15.4. The zero-order chi connectivity index (χ0) is 33.1. The van der Waals surface area contributed by atoms with Crippen molar-refractivity contribution in [1.29, 1.82) is 10.8 Å². The molecular formula is C34H39N7O5. The topological polar surface area (TPSA) is 187 Å². The molecule has 46 heavy (non-hydrogen) atoms. The Kier molecular flexibility index (Phi) is 9.36. The number of amides is 1. The number of imidazole rings is 1. The van der Waals surface area contributed by atoms with Crippen LogP contribution in [0, 0.1) is 16.7 Å². The van der Waals surface area contributed by atoms with Gasteiger partial charge in [0.15, 0.2) is 0 Å². The lowest BCUT2D eigenvalue weighted by atomic mass is 9.95. The molecule has 0 aliphatic carbocycles. The van der Waals surface area contributed by atoms with Crippen LogP contribution >= 0.6 is 0 Å². The molecule has 1 aliphatic rings. The summed E-state index contributed by atoms with van der Waals surface area (Å²) < 4.78 is 6.93. The second-order valence-corrected chi connectivity index (χ2v) is 11.9. The zero-order valence-electron chi connectivity index (χ0n) is 26.2. The van der Waals surface area contributed by atoms with Gasteiger partial charge >= 0.3 is 11.9 Å². The third-order valence-electron chi connectivity index (χ3n) is 8.32. The molecule has 0 bridgehead atoms. The fourth-order valence-corrected chi connectivity index (χ4v) is 5.94. The molecule has 0 saturated carbocycles. The number of nitrogens with one attached hydrogen (secondary N) is 3. The molecule has 12 heteroatoms. The number of esters is 1. The van der Waals surface area contributed by atoms with Crippen molar-refractivity contribution in [3.8, 4) is 0 Å². The molecule has 1 amide bonds. The number of fused-ring (bicyclic) bond motifs is 2. The Bertz CT molecular complexity index is 1850. The molecule has 6 N–H and O–H groups in total. The van der Waals surface area contributed by atoms with Gasteiger partial charge in [0.2, 0.25) is 5.91 Å². The molecular weight excluding hydrogens is 586 g/mol. The van der Waals surface area contributed by atoms with Gasteiger partial charge in [-0.25, -0.2) is 9.78 Å². The summed E-state index contributed by atoms with van der Waals surface area (Å²) in [6.07, 6.45) is 0.884. The number of rotatable bonds is 10. The highest BCUT2D eigenvalue weighted by atomic mass is 16.5. The molecule has 1 fully saturated rings. The number of aromatic carboxylic acids is 1. The zero-order valence-corrected chi connectivity index (χ0v) is 26.2. The number of ether oxygens (including phenoxy) is 1. The maximum atomic E-state index is 13.4. The molecule has 240 valence electrons. The quantitative estimate of drug-likeness (QED) is 0.0932. The van der Waals surface area contributed by atoms with Gasteiger partial charge in [0.25, 0.3) is 0 Å². The van der Waals surface area contributed by atoms with Crippen LogP contribution in [0.1, 0.15) is 73.3 Å². The number of nitrogens with zero attached hydrogens (tertiary/aromatic N) is 3. The van der Waals surface area contributed by atoms with E-state index in [-0.39, 0.29) is 48.0 Å². The number of benzene rings is 3. The Morgan fingerprint density at radius 3 is 2.43 bits per heavy atom. The number of carboxylic acids is 1. The van der Waals surface area contributed by atoms with Crippen molar-refractivity contribution in [3.63, 3.8) is 0 Å². The average molecular weight is 626 g/mol. The van der Waals surface area contributed by atoms with Crippen LogP contribution in [-0.4, -0.2) is 68.8 Å². The van der Waals surface area contributed by atoms with Crippen molar-refractivity contribution < 1.29 is 24.2 Å². The number of carbonyl (C=O) groups excluding carboxylic acids is 2. The maximum absolute atomic E-state index is 13.4. The summed E-state index contributed by atoms with van der Waals surface area (Å²) in [6, 6.07) is 14.9. The van der Waals surface area contributed by atoms with Crippen LogP contribution in [0.3, 0.4) is 0 Å². The van der Waals surface area contributed by atoms with Gasteiger partial charge in [-0.2, -0.15) is 0 Å². The summed E-state index contributed by atoms with van der Waals surface area (Å²) in [5, 5.41) is 31.0. The molecule has 1 aliphatic heterocycles. The summed E-state index contributed by atoms with van der Waals surface area (Å²) >= 11 is 0. The maximum Gasteiger partial charge on any atom is 0.338 e. The van der Waals surface area contributed by atoms with Crippen LogP contribution in [0.5, 0.6) is 0 Å². The second kappa shape index (κ2) is 13.4. The van der Waals surface area contributed by atoms with Gasteiger partial charge in [-0.15, -0.1) is 0 Å². The summed E-state index contributed by atoms with van der Waals surface area (Å²) in [5.41, 5.74) is 8.62. The van der Waals surface area contributed by atoms with E-state index in [1.54, 1.807) is 17.9 Å². The average Bonchev–Trinajstić information content (AvgIpc) is 3.38. The van der Waals surface area contributed by atoms with Crippen molar-refractivity contribution in [1.82, 2.24) is 14.5 Å². The van der Waals surface area contributed by atoms with Gasteiger partial charge in [0.1, 0.15) is 29.4 Å². The van der Waals surface area contributed by atoms with Gasteiger partial charge in [-0.3, -0.25) is 20.4 Å². The Morgan fingerprint density at radius 1 is 1.07 bits per heavy atom. The van der Waals surface area contributed by atoms with Crippen molar-refractivity contribution in [2.24, 2.45) is 11.7 Å². The van der Waals surface area contributed by atoms with E-state index >= 15 is 0 Å². The smallest absolute Gasteiger partial charge is 0.338 e. The molecule has 2 heterocycles. The number of hydrogen-bond donors (Lipinski definition) is 5. The number of carbonyl (C=O) groups is 3. The van der Waals surface area contributed by atoms with E-state index in [2.05, 4.69) is 5.32 Å². The van der Waals surface area contributed by atoms with Crippen LogP contribution in [-0.2, 0) is 20.9 Å². The van der Waals surface area contributed by atoms with E-state index in [1.165, 1.54) is 6.07 Å². The van der Waals surface area contributed by atoms with Crippen LogP contribution in [0.25, 0.3) is 21.8 Å². The second-order valence-electron chi connectivity index (χ2n) is 11.9. The number of aromatic nitrogens is 2. The predicted molar refractivity (Wildman–Crippen MR) is 177 cm³/mol. The lowest BCUT2D eigenvalue weighted by molar-refractivity contribution is -0.141.